The number of pyridine rings is 1. The minimum absolute atomic E-state index is 0.0697. The molecule has 0 aromatic carbocycles. The number of carboxylic acid groups (broad SMARTS) is 1. The number of anilines is 1. The molecule has 18 heavy (non-hydrogen) atoms. The van der Waals surface area contributed by atoms with E-state index in [9.17, 15) is 9.59 Å². The van der Waals surface area contributed by atoms with Gasteiger partial charge >= 0.3 is 5.97 Å². The summed E-state index contributed by atoms with van der Waals surface area (Å²) in [6.07, 6.45) is 3.83. The molecule has 98 valence electrons. The van der Waals surface area contributed by atoms with Crippen LogP contribution in [0.15, 0.2) is 18.3 Å². The number of carboxylic acids is 1. The Labute approximate surface area is 109 Å². The molecule has 1 heterocycles. The molecule has 0 saturated carbocycles. The molecule has 0 unspecified atom stereocenters. The molecular formula is C11H15N3O3S. The minimum Gasteiger partial charge on any atom is -0.477 e. The van der Waals surface area contributed by atoms with Crippen molar-refractivity contribution < 1.29 is 14.7 Å². The third-order valence-electron chi connectivity index (χ3n) is 2.22. The number of nitrogens with two attached hydrogens (primary N) is 1. The average Bonchev–Trinajstić information content (AvgIpc) is 2.36. The molecular weight excluding hydrogens is 254 g/mol. The van der Waals surface area contributed by atoms with Crippen LogP contribution in [-0.2, 0) is 4.79 Å². The fourth-order valence-electron chi connectivity index (χ4n) is 1.21. The molecule has 1 aromatic rings. The lowest BCUT2D eigenvalue weighted by atomic mass is 10.2. The van der Waals surface area contributed by atoms with E-state index in [1.54, 1.807) is 11.8 Å². The Morgan fingerprint density at radius 1 is 1.56 bits per heavy atom. The average molecular weight is 269 g/mol. The first kappa shape index (κ1) is 14.5. The number of carbonyl (C=O) groups is 2. The molecule has 1 amide bonds. The Morgan fingerprint density at radius 3 is 2.78 bits per heavy atom. The summed E-state index contributed by atoms with van der Waals surface area (Å²) < 4.78 is 0. The van der Waals surface area contributed by atoms with Gasteiger partial charge in [-0.2, -0.15) is 11.8 Å². The SMILES string of the molecule is CSCC[C@H](N)C(=O)Nc1ccc(C(=O)O)nc1. The van der Waals surface area contributed by atoms with E-state index in [1.807, 2.05) is 6.26 Å². The Bertz CT molecular complexity index is 422. The molecule has 7 heteroatoms. The van der Waals surface area contributed by atoms with Crippen LogP contribution in [0.4, 0.5) is 5.69 Å². The molecule has 0 fully saturated rings. The topological polar surface area (TPSA) is 105 Å². The van der Waals surface area contributed by atoms with Gasteiger partial charge in [0.15, 0.2) is 0 Å². The first-order chi connectivity index (χ1) is 8.54. The van der Waals surface area contributed by atoms with E-state index in [0.717, 1.165) is 5.75 Å². The molecule has 0 spiro atoms. The highest BCUT2D eigenvalue weighted by molar-refractivity contribution is 7.98. The molecule has 0 aliphatic heterocycles. The van der Waals surface area contributed by atoms with Gasteiger partial charge in [-0.25, -0.2) is 9.78 Å². The molecule has 1 aromatic heterocycles. The number of carbonyl (C=O) groups excluding carboxylic acids is 1. The molecule has 0 saturated heterocycles. The van der Waals surface area contributed by atoms with Crippen LogP contribution >= 0.6 is 11.8 Å². The number of thioether (sulfide) groups is 1. The molecule has 0 bridgehead atoms. The summed E-state index contributed by atoms with van der Waals surface area (Å²) in [5, 5.41) is 11.3. The van der Waals surface area contributed by atoms with E-state index in [0.29, 0.717) is 12.1 Å². The quantitative estimate of drug-likeness (QED) is 0.705. The van der Waals surface area contributed by atoms with Crippen LogP contribution in [0.1, 0.15) is 16.9 Å². The van der Waals surface area contributed by atoms with Crippen LogP contribution in [0.25, 0.3) is 0 Å². The second kappa shape index (κ2) is 6.97. The Morgan fingerprint density at radius 2 is 2.28 bits per heavy atom. The number of rotatable bonds is 6. The summed E-state index contributed by atoms with van der Waals surface area (Å²) in [6, 6.07) is 2.23. The van der Waals surface area contributed by atoms with Gasteiger partial charge in [0.1, 0.15) is 5.69 Å². The van der Waals surface area contributed by atoms with Crippen LogP contribution in [0.3, 0.4) is 0 Å². The third kappa shape index (κ3) is 4.34. The zero-order valence-electron chi connectivity index (χ0n) is 9.92. The maximum absolute atomic E-state index is 11.6. The van der Waals surface area contributed by atoms with Gasteiger partial charge in [-0.15, -0.1) is 0 Å². The number of aromatic nitrogens is 1. The molecule has 4 N–H and O–H groups in total. The maximum Gasteiger partial charge on any atom is 0.354 e. The zero-order chi connectivity index (χ0) is 13.5. The fraction of sp³-hybridized carbons (Fsp3) is 0.364. The van der Waals surface area contributed by atoms with E-state index in [4.69, 9.17) is 10.8 Å². The lowest BCUT2D eigenvalue weighted by molar-refractivity contribution is -0.117. The predicted octanol–water partition coefficient (Wildman–Crippen LogP) is 0.799. The van der Waals surface area contributed by atoms with Crippen LogP contribution in [0.5, 0.6) is 0 Å². The van der Waals surface area contributed by atoms with Crippen molar-refractivity contribution in [3.05, 3.63) is 24.0 Å². The van der Waals surface area contributed by atoms with Crippen molar-refractivity contribution in [2.45, 2.75) is 12.5 Å². The van der Waals surface area contributed by atoms with Crippen molar-refractivity contribution >= 4 is 29.3 Å². The van der Waals surface area contributed by atoms with Crippen molar-refractivity contribution in [3.63, 3.8) is 0 Å². The van der Waals surface area contributed by atoms with Crippen LogP contribution < -0.4 is 11.1 Å². The largest absolute Gasteiger partial charge is 0.477 e. The van der Waals surface area contributed by atoms with Gasteiger partial charge in [-0.3, -0.25) is 4.79 Å². The molecule has 0 radical (unpaired) electrons. The standard InChI is InChI=1S/C11H15N3O3S/c1-18-5-4-8(12)10(15)14-7-2-3-9(11(16)17)13-6-7/h2-3,6,8H,4-5,12H2,1H3,(H,14,15)(H,16,17)/t8-/m0/s1. The summed E-state index contributed by atoms with van der Waals surface area (Å²) in [7, 11) is 0. The summed E-state index contributed by atoms with van der Waals surface area (Å²) in [4.78, 5) is 25.9. The lowest BCUT2D eigenvalue weighted by Crippen LogP contribution is -2.36. The molecule has 0 aliphatic carbocycles. The van der Waals surface area contributed by atoms with E-state index >= 15 is 0 Å². The van der Waals surface area contributed by atoms with Crippen molar-refractivity contribution in [2.75, 3.05) is 17.3 Å². The monoisotopic (exact) mass is 269 g/mol. The highest BCUT2D eigenvalue weighted by Gasteiger charge is 2.13. The zero-order valence-corrected chi connectivity index (χ0v) is 10.7. The first-order valence-corrected chi connectivity index (χ1v) is 6.68. The van der Waals surface area contributed by atoms with Crippen molar-refractivity contribution in [1.29, 1.82) is 0 Å². The summed E-state index contributed by atoms with van der Waals surface area (Å²) in [6.45, 7) is 0. The number of nitrogens with one attached hydrogen (secondary N) is 1. The highest BCUT2D eigenvalue weighted by Crippen LogP contribution is 2.08. The number of hydrogen-bond acceptors (Lipinski definition) is 5. The number of amides is 1. The van der Waals surface area contributed by atoms with E-state index in [2.05, 4.69) is 10.3 Å². The second-order valence-corrected chi connectivity index (χ2v) is 4.60. The predicted molar refractivity (Wildman–Crippen MR) is 70.8 cm³/mol. The van der Waals surface area contributed by atoms with Crippen molar-refractivity contribution in [3.8, 4) is 0 Å². The Kier molecular flexibility index (Phi) is 5.60. The fourth-order valence-corrected chi connectivity index (χ4v) is 1.69. The third-order valence-corrected chi connectivity index (χ3v) is 2.86. The molecule has 1 atom stereocenters. The normalized spacial score (nSPS) is 11.9. The Balaban J connectivity index is 2.56. The lowest BCUT2D eigenvalue weighted by Gasteiger charge is -2.11. The van der Waals surface area contributed by atoms with Gasteiger partial charge in [0, 0.05) is 0 Å². The van der Waals surface area contributed by atoms with Crippen molar-refractivity contribution in [1.82, 2.24) is 4.98 Å². The number of hydrogen-bond donors (Lipinski definition) is 3. The molecule has 1 rings (SSSR count). The van der Waals surface area contributed by atoms with Gasteiger partial charge in [0.2, 0.25) is 5.91 Å². The van der Waals surface area contributed by atoms with Crippen LogP contribution in [0, 0.1) is 0 Å². The van der Waals surface area contributed by atoms with Gasteiger partial charge in [-0.1, -0.05) is 0 Å². The first-order valence-electron chi connectivity index (χ1n) is 5.29. The summed E-state index contributed by atoms with van der Waals surface area (Å²) in [5.74, 6) is -0.594. The summed E-state index contributed by atoms with van der Waals surface area (Å²) >= 11 is 1.62. The van der Waals surface area contributed by atoms with E-state index in [-0.39, 0.29) is 11.6 Å². The molecule has 6 nitrogen and oxygen atoms in total. The Hall–Kier alpha value is -1.60. The summed E-state index contributed by atoms with van der Waals surface area (Å²) in [5.41, 5.74) is 6.05. The van der Waals surface area contributed by atoms with Crippen LogP contribution in [0.2, 0.25) is 0 Å². The van der Waals surface area contributed by atoms with Gasteiger partial charge in [-0.05, 0) is 30.6 Å². The van der Waals surface area contributed by atoms with Gasteiger partial charge in [0.25, 0.3) is 0 Å². The maximum atomic E-state index is 11.6. The minimum atomic E-state index is -1.11. The smallest absolute Gasteiger partial charge is 0.354 e. The number of aromatic carboxylic acids is 1. The highest BCUT2D eigenvalue weighted by atomic mass is 32.2. The van der Waals surface area contributed by atoms with Gasteiger partial charge in [0.05, 0.1) is 17.9 Å². The number of nitrogens with zero attached hydrogens (tertiary/aromatic N) is 1. The second-order valence-electron chi connectivity index (χ2n) is 3.61. The van der Waals surface area contributed by atoms with Gasteiger partial charge < -0.3 is 16.2 Å². The van der Waals surface area contributed by atoms with Crippen LogP contribution in [-0.4, -0.2) is 40.0 Å². The van der Waals surface area contributed by atoms with E-state index in [1.165, 1.54) is 18.3 Å². The van der Waals surface area contributed by atoms with E-state index < -0.39 is 12.0 Å². The molecule has 0 aliphatic rings. The van der Waals surface area contributed by atoms with Crippen molar-refractivity contribution in [2.24, 2.45) is 5.73 Å².